The number of rotatable bonds is 7. The van der Waals surface area contributed by atoms with Crippen LogP contribution in [-0.2, 0) is 14.8 Å². The number of nitrogens with one attached hydrogen (secondary N) is 3. The van der Waals surface area contributed by atoms with E-state index in [-0.39, 0.29) is 24.1 Å². The highest BCUT2D eigenvalue weighted by molar-refractivity contribution is 9.10. The van der Waals surface area contributed by atoms with Crippen molar-refractivity contribution >= 4 is 31.9 Å². The lowest BCUT2D eigenvalue weighted by Crippen LogP contribution is -2.44. The average molecular weight is 364 g/mol. The van der Waals surface area contributed by atoms with Crippen molar-refractivity contribution in [2.24, 2.45) is 0 Å². The van der Waals surface area contributed by atoms with Crippen molar-refractivity contribution in [3.8, 4) is 0 Å². The second-order valence-electron chi connectivity index (χ2n) is 4.42. The zero-order chi connectivity index (χ0) is 15.2. The second kappa shape index (κ2) is 7.72. The summed E-state index contributed by atoms with van der Waals surface area (Å²) in [6.07, 6.45) is 0.193. The Morgan fingerprint density at radius 2 is 2.10 bits per heavy atom. The lowest BCUT2D eigenvalue weighted by molar-refractivity contribution is -0.121. The van der Waals surface area contributed by atoms with E-state index in [0.29, 0.717) is 0 Å². The van der Waals surface area contributed by atoms with Gasteiger partial charge in [0.25, 0.3) is 0 Å². The molecule has 1 atom stereocenters. The Balaban J connectivity index is 2.50. The Bertz CT molecular complexity index is 563. The first-order chi connectivity index (χ1) is 9.34. The molecule has 8 heteroatoms. The fraction of sp³-hybridized carbons (Fsp3) is 0.417. The zero-order valence-electron chi connectivity index (χ0n) is 11.3. The van der Waals surface area contributed by atoms with Crippen molar-refractivity contribution < 1.29 is 13.2 Å². The minimum Gasteiger partial charge on any atom is -0.306 e. The van der Waals surface area contributed by atoms with Crippen LogP contribution in [0.2, 0.25) is 0 Å². The smallest absolute Gasteiger partial charge is 0.241 e. The number of carbonyl (C=O) groups is 1. The maximum absolute atomic E-state index is 11.7. The predicted octanol–water partition coefficient (Wildman–Crippen LogP) is 1.07. The fourth-order valence-corrected chi connectivity index (χ4v) is 2.76. The molecule has 3 N–H and O–H groups in total. The molecular formula is C12H18BrN3O3S. The maximum atomic E-state index is 11.7. The van der Waals surface area contributed by atoms with E-state index in [1.807, 2.05) is 36.0 Å². The van der Waals surface area contributed by atoms with Gasteiger partial charge in [-0.2, -0.15) is 0 Å². The lowest BCUT2D eigenvalue weighted by Gasteiger charge is -2.13. The van der Waals surface area contributed by atoms with Crippen LogP contribution >= 0.6 is 15.9 Å². The topological polar surface area (TPSA) is 87.3 Å². The van der Waals surface area contributed by atoms with Crippen molar-refractivity contribution in [1.29, 1.82) is 0 Å². The van der Waals surface area contributed by atoms with E-state index >= 15 is 0 Å². The molecule has 0 unspecified atom stereocenters. The molecule has 0 aliphatic carbocycles. The summed E-state index contributed by atoms with van der Waals surface area (Å²) in [4.78, 5) is 13.7. The number of halogens is 1. The highest BCUT2D eigenvalue weighted by Crippen LogP contribution is 2.22. The molecule has 0 aliphatic heterocycles. The minimum atomic E-state index is -3.53. The third kappa shape index (κ3) is 6.00. The Labute approximate surface area is 127 Å². The quantitative estimate of drug-likeness (QED) is 0.632. The second-order valence-corrected chi connectivity index (χ2v) is 7.06. The Hall–Kier alpha value is -0.960. The molecule has 0 spiro atoms. The van der Waals surface area contributed by atoms with Gasteiger partial charge >= 0.3 is 0 Å². The van der Waals surface area contributed by atoms with Gasteiger partial charge in [0.2, 0.25) is 15.9 Å². The molecule has 6 nitrogen and oxygen atoms in total. The van der Waals surface area contributed by atoms with Gasteiger partial charge in [-0.05, 0) is 30.7 Å². The van der Waals surface area contributed by atoms with Crippen molar-refractivity contribution in [3.05, 3.63) is 34.3 Å². The number of hydrazine groups is 1. The van der Waals surface area contributed by atoms with Gasteiger partial charge in [0.1, 0.15) is 5.88 Å². The van der Waals surface area contributed by atoms with Crippen molar-refractivity contribution in [3.63, 3.8) is 0 Å². The Morgan fingerprint density at radius 1 is 1.40 bits per heavy atom. The number of hydrogen-bond donors (Lipinski definition) is 3. The summed E-state index contributed by atoms with van der Waals surface area (Å²) in [6.45, 7) is 1.91. The van der Waals surface area contributed by atoms with E-state index in [1.165, 1.54) is 7.05 Å². The van der Waals surface area contributed by atoms with Gasteiger partial charge < -0.3 is 5.32 Å². The van der Waals surface area contributed by atoms with Gasteiger partial charge in [0.15, 0.2) is 0 Å². The van der Waals surface area contributed by atoms with Crippen molar-refractivity contribution in [1.82, 2.24) is 15.6 Å². The summed E-state index contributed by atoms with van der Waals surface area (Å²) in [5, 5.41) is 2.50. The van der Waals surface area contributed by atoms with Gasteiger partial charge in [0, 0.05) is 10.9 Å². The number of hydrogen-bond acceptors (Lipinski definition) is 4. The number of sulfonamides is 1. The fourth-order valence-electron chi connectivity index (χ4n) is 1.62. The van der Waals surface area contributed by atoms with Gasteiger partial charge in [-0.15, -0.1) is 4.83 Å². The van der Waals surface area contributed by atoms with Gasteiger partial charge in [0.05, 0.1) is 0 Å². The minimum absolute atomic E-state index is 0.0127. The van der Waals surface area contributed by atoms with Crippen LogP contribution in [0.25, 0.3) is 0 Å². The van der Waals surface area contributed by atoms with E-state index < -0.39 is 10.0 Å². The lowest BCUT2D eigenvalue weighted by atomic mass is 9.98. The van der Waals surface area contributed by atoms with E-state index in [9.17, 15) is 13.2 Å². The molecule has 0 radical (unpaired) electrons. The standard InChI is InChI=1S/C12H18BrN3O3S/c1-9(10-4-3-5-11(13)7-10)6-12(17)15-16-20(18,19)8-14-2/h3-5,7,9,14,16H,6,8H2,1-2H3,(H,15,17)/t9-/m1/s1. The third-order valence-electron chi connectivity index (χ3n) is 2.59. The summed E-state index contributed by atoms with van der Waals surface area (Å²) in [5.74, 6) is -0.646. The Kier molecular flexibility index (Phi) is 6.60. The molecular weight excluding hydrogens is 346 g/mol. The largest absolute Gasteiger partial charge is 0.306 e. The van der Waals surface area contributed by atoms with Crippen LogP contribution < -0.4 is 15.6 Å². The first-order valence-electron chi connectivity index (χ1n) is 6.02. The molecule has 0 aliphatic rings. The molecule has 112 valence electrons. The molecule has 0 aromatic heterocycles. The first-order valence-corrected chi connectivity index (χ1v) is 8.47. The van der Waals surface area contributed by atoms with Crippen molar-refractivity contribution in [2.45, 2.75) is 19.3 Å². The normalized spacial score (nSPS) is 12.9. The van der Waals surface area contributed by atoms with Crippen LogP contribution in [0.15, 0.2) is 28.7 Å². The van der Waals surface area contributed by atoms with Crippen LogP contribution in [0.4, 0.5) is 0 Å². The molecule has 1 rings (SSSR count). The monoisotopic (exact) mass is 363 g/mol. The number of amides is 1. The van der Waals surface area contributed by atoms with Gasteiger partial charge in [-0.1, -0.05) is 35.0 Å². The first kappa shape index (κ1) is 17.1. The predicted molar refractivity (Wildman–Crippen MR) is 81.3 cm³/mol. The van der Waals surface area contributed by atoms with E-state index in [2.05, 4.69) is 26.7 Å². The van der Waals surface area contributed by atoms with Crippen LogP contribution in [0.1, 0.15) is 24.8 Å². The highest BCUT2D eigenvalue weighted by Gasteiger charge is 2.14. The molecule has 20 heavy (non-hydrogen) atoms. The average Bonchev–Trinajstić information content (AvgIpc) is 2.36. The number of carbonyl (C=O) groups excluding carboxylic acids is 1. The summed E-state index contributed by atoms with van der Waals surface area (Å²) >= 11 is 3.37. The molecule has 1 aromatic carbocycles. The summed E-state index contributed by atoms with van der Waals surface area (Å²) < 4.78 is 23.6. The van der Waals surface area contributed by atoms with Gasteiger partial charge in [-0.3, -0.25) is 10.2 Å². The molecule has 0 fully saturated rings. The SMILES string of the molecule is CNCS(=O)(=O)NNC(=O)C[C@@H](C)c1cccc(Br)c1. The molecule has 1 amide bonds. The van der Waals surface area contributed by atoms with Gasteiger partial charge in [-0.25, -0.2) is 8.42 Å². The summed E-state index contributed by atoms with van der Waals surface area (Å²) in [5.41, 5.74) is 3.20. The van der Waals surface area contributed by atoms with Crippen LogP contribution in [0, 0.1) is 0 Å². The highest BCUT2D eigenvalue weighted by atomic mass is 79.9. The third-order valence-corrected chi connectivity index (χ3v) is 4.16. The molecule has 0 saturated heterocycles. The maximum Gasteiger partial charge on any atom is 0.241 e. The Morgan fingerprint density at radius 3 is 2.70 bits per heavy atom. The number of benzene rings is 1. The van der Waals surface area contributed by atoms with Crippen LogP contribution in [-0.4, -0.2) is 27.2 Å². The van der Waals surface area contributed by atoms with E-state index in [0.717, 1.165) is 10.0 Å². The molecule has 0 saturated carbocycles. The van der Waals surface area contributed by atoms with Crippen LogP contribution in [0.3, 0.4) is 0 Å². The van der Waals surface area contributed by atoms with E-state index in [4.69, 9.17) is 0 Å². The van der Waals surface area contributed by atoms with Crippen molar-refractivity contribution in [2.75, 3.05) is 12.9 Å². The molecule has 0 heterocycles. The zero-order valence-corrected chi connectivity index (χ0v) is 13.7. The summed E-state index contributed by atoms with van der Waals surface area (Å²) in [6, 6.07) is 7.66. The van der Waals surface area contributed by atoms with Crippen LogP contribution in [0.5, 0.6) is 0 Å². The molecule has 1 aromatic rings. The van der Waals surface area contributed by atoms with E-state index in [1.54, 1.807) is 0 Å². The molecule has 0 bridgehead atoms. The summed E-state index contributed by atoms with van der Waals surface area (Å²) in [7, 11) is -2.02.